The Balaban J connectivity index is 1.81. The van der Waals surface area contributed by atoms with Crippen molar-refractivity contribution in [3.05, 3.63) is 11.6 Å². The van der Waals surface area contributed by atoms with E-state index < -0.39 is 33.9 Å². The average Bonchev–Trinajstić information content (AvgIpc) is 3.04. The van der Waals surface area contributed by atoms with Gasteiger partial charge < -0.3 is 29.1 Å². The Hall–Kier alpha value is 0.0800. The smallest absolute Gasteiger partial charge is 0.228 e. The number of halogens is 3. The Bertz CT molecular complexity index is 587. The summed E-state index contributed by atoms with van der Waals surface area (Å²) in [7, 11) is 0. The highest BCUT2D eigenvalue weighted by molar-refractivity contribution is 6.76. The highest BCUT2D eigenvalue weighted by Crippen LogP contribution is 2.44. The molecular formula is C16H22Cl3NO5. The molecule has 0 aromatic carbocycles. The van der Waals surface area contributed by atoms with Crippen LogP contribution in [0.5, 0.6) is 0 Å². The van der Waals surface area contributed by atoms with Gasteiger partial charge in [-0.15, -0.1) is 0 Å². The van der Waals surface area contributed by atoms with Crippen molar-refractivity contribution >= 4 is 40.5 Å². The van der Waals surface area contributed by atoms with Gasteiger partial charge in [0, 0.05) is 6.42 Å². The normalized spacial score (nSPS) is 38.3. The SMILES string of the molecule is CC1(C)O[C@@H]2O[C@H]([C@H]3COC(C)(C)O3)/C(=C/CC(=N)C(Cl)(Cl)Cl)[C@H]2O1. The van der Waals surface area contributed by atoms with Crippen LogP contribution in [0.15, 0.2) is 11.6 Å². The van der Waals surface area contributed by atoms with E-state index in [1.165, 1.54) is 0 Å². The molecule has 0 saturated carbocycles. The molecule has 0 radical (unpaired) electrons. The largest absolute Gasteiger partial charge is 0.348 e. The molecule has 4 atom stereocenters. The van der Waals surface area contributed by atoms with Crippen LogP contribution < -0.4 is 0 Å². The molecule has 25 heavy (non-hydrogen) atoms. The van der Waals surface area contributed by atoms with E-state index in [-0.39, 0.29) is 18.2 Å². The maximum absolute atomic E-state index is 7.90. The van der Waals surface area contributed by atoms with Crippen molar-refractivity contribution in [3.63, 3.8) is 0 Å². The van der Waals surface area contributed by atoms with Crippen LogP contribution in [0, 0.1) is 5.41 Å². The second-order valence-electron chi connectivity index (χ2n) is 7.23. The predicted octanol–water partition coefficient (Wildman–Crippen LogP) is 3.72. The molecule has 3 aliphatic heterocycles. The first-order valence-corrected chi connectivity index (χ1v) is 9.19. The average molecular weight is 415 g/mol. The molecule has 0 aromatic heterocycles. The second kappa shape index (κ2) is 6.60. The van der Waals surface area contributed by atoms with E-state index in [1.807, 2.05) is 27.7 Å². The number of nitrogens with one attached hydrogen (secondary N) is 1. The van der Waals surface area contributed by atoms with E-state index >= 15 is 0 Å². The van der Waals surface area contributed by atoms with Crippen LogP contribution in [0.1, 0.15) is 34.1 Å². The Morgan fingerprint density at radius 2 is 1.80 bits per heavy atom. The van der Waals surface area contributed by atoms with Crippen molar-refractivity contribution in [1.82, 2.24) is 0 Å². The lowest BCUT2D eigenvalue weighted by molar-refractivity contribution is -0.215. The molecule has 0 unspecified atom stereocenters. The number of ether oxygens (including phenoxy) is 5. The molecule has 0 aromatic rings. The third-order valence-electron chi connectivity index (χ3n) is 4.25. The Morgan fingerprint density at radius 1 is 1.12 bits per heavy atom. The maximum atomic E-state index is 7.90. The van der Waals surface area contributed by atoms with Gasteiger partial charge in [0.2, 0.25) is 3.79 Å². The van der Waals surface area contributed by atoms with E-state index in [4.69, 9.17) is 63.9 Å². The minimum absolute atomic E-state index is 0.0331. The molecule has 3 fully saturated rings. The van der Waals surface area contributed by atoms with Gasteiger partial charge in [0.25, 0.3) is 0 Å². The summed E-state index contributed by atoms with van der Waals surface area (Å²) >= 11 is 17.3. The molecule has 0 amide bonds. The van der Waals surface area contributed by atoms with Gasteiger partial charge in [-0.05, 0) is 33.3 Å². The first kappa shape index (κ1) is 19.8. The predicted molar refractivity (Wildman–Crippen MR) is 94.3 cm³/mol. The van der Waals surface area contributed by atoms with E-state index in [0.717, 1.165) is 5.57 Å². The highest BCUT2D eigenvalue weighted by Gasteiger charge is 2.55. The Morgan fingerprint density at radius 3 is 2.36 bits per heavy atom. The molecular weight excluding hydrogens is 393 g/mol. The van der Waals surface area contributed by atoms with E-state index in [2.05, 4.69) is 0 Å². The third-order valence-corrected chi connectivity index (χ3v) is 4.93. The molecule has 3 aliphatic rings. The number of hydrogen-bond acceptors (Lipinski definition) is 6. The fraction of sp³-hybridized carbons (Fsp3) is 0.812. The van der Waals surface area contributed by atoms with Crippen molar-refractivity contribution in [3.8, 4) is 0 Å². The lowest BCUT2D eigenvalue weighted by Gasteiger charge is -2.25. The van der Waals surface area contributed by atoms with Gasteiger partial charge in [0.1, 0.15) is 18.3 Å². The number of hydrogen-bond donors (Lipinski definition) is 1. The lowest BCUT2D eigenvalue weighted by atomic mass is 10.00. The van der Waals surface area contributed by atoms with Crippen LogP contribution in [0.4, 0.5) is 0 Å². The Labute approximate surface area is 162 Å². The quantitative estimate of drug-likeness (QED) is 0.433. The number of fused-ring (bicyclic) bond motifs is 1. The van der Waals surface area contributed by atoms with Gasteiger partial charge in [-0.25, -0.2) is 0 Å². The van der Waals surface area contributed by atoms with Crippen LogP contribution in [-0.4, -0.2) is 52.3 Å². The van der Waals surface area contributed by atoms with Crippen LogP contribution in [0.3, 0.4) is 0 Å². The fourth-order valence-electron chi connectivity index (χ4n) is 3.17. The number of alkyl halides is 3. The molecule has 9 heteroatoms. The van der Waals surface area contributed by atoms with Crippen LogP contribution in [-0.2, 0) is 23.7 Å². The first-order valence-electron chi connectivity index (χ1n) is 8.05. The summed E-state index contributed by atoms with van der Waals surface area (Å²) in [5.74, 6) is -1.43. The van der Waals surface area contributed by atoms with Gasteiger partial charge in [-0.2, -0.15) is 0 Å². The standard InChI is InChI=1S/C16H22Cl3NO5/c1-14(2)21-7-9(23-14)11-8(5-6-10(20)16(17,18)19)12-13(22-11)25-15(3,4)24-12/h5,9,11-13,20H,6-7H2,1-4H3/b8-5-,20-10?/t9-,11+,12-,13+/m1/s1. The lowest BCUT2D eigenvalue weighted by Crippen LogP contribution is -2.35. The van der Waals surface area contributed by atoms with Gasteiger partial charge >= 0.3 is 0 Å². The summed E-state index contributed by atoms with van der Waals surface area (Å²) in [5, 5.41) is 7.90. The zero-order chi connectivity index (χ0) is 18.6. The minimum atomic E-state index is -1.74. The molecule has 0 bridgehead atoms. The number of allylic oxidation sites excluding steroid dienone is 1. The molecule has 142 valence electrons. The zero-order valence-electron chi connectivity index (χ0n) is 14.5. The summed E-state index contributed by atoms with van der Waals surface area (Å²) in [5.41, 5.74) is 0.787. The summed E-state index contributed by atoms with van der Waals surface area (Å²) in [6, 6.07) is 0. The summed E-state index contributed by atoms with van der Waals surface area (Å²) in [4.78, 5) is 0. The molecule has 6 nitrogen and oxygen atoms in total. The van der Waals surface area contributed by atoms with Gasteiger partial charge in [0.05, 0.1) is 12.3 Å². The molecule has 3 saturated heterocycles. The van der Waals surface area contributed by atoms with Crippen LogP contribution in [0.25, 0.3) is 0 Å². The monoisotopic (exact) mass is 413 g/mol. The van der Waals surface area contributed by atoms with Crippen molar-refractivity contribution < 1.29 is 23.7 Å². The van der Waals surface area contributed by atoms with Crippen molar-refractivity contribution in [1.29, 1.82) is 5.41 Å². The Kier molecular flexibility index (Phi) is 5.24. The van der Waals surface area contributed by atoms with E-state index in [1.54, 1.807) is 6.08 Å². The van der Waals surface area contributed by atoms with Crippen molar-refractivity contribution in [2.24, 2.45) is 0 Å². The maximum Gasteiger partial charge on any atom is 0.228 e. The number of rotatable bonds is 3. The van der Waals surface area contributed by atoms with E-state index in [0.29, 0.717) is 6.61 Å². The van der Waals surface area contributed by atoms with Crippen LogP contribution >= 0.6 is 34.8 Å². The molecule has 3 rings (SSSR count). The second-order valence-corrected chi connectivity index (χ2v) is 9.51. The molecule has 3 heterocycles. The van der Waals surface area contributed by atoms with Crippen LogP contribution in [0.2, 0.25) is 0 Å². The van der Waals surface area contributed by atoms with Crippen molar-refractivity contribution in [2.45, 2.75) is 74.1 Å². The zero-order valence-corrected chi connectivity index (χ0v) is 16.7. The topological polar surface area (TPSA) is 70.0 Å². The minimum Gasteiger partial charge on any atom is -0.348 e. The highest BCUT2D eigenvalue weighted by atomic mass is 35.6. The molecule has 0 aliphatic carbocycles. The van der Waals surface area contributed by atoms with Gasteiger partial charge in [-0.3, -0.25) is 0 Å². The fourth-order valence-corrected chi connectivity index (χ4v) is 3.41. The third kappa shape index (κ3) is 4.33. The molecule has 1 N–H and O–H groups in total. The first-order chi connectivity index (χ1) is 11.4. The summed E-state index contributed by atoms with van der Waals surface area (Å²) in [6.45, 7) is 7.73. The van der Waals surface area contributed by atoms with Gasteiger partial charge in [0.15, 0.2) is 17.9 Å². The van der Waals surface area contributed by atoms with E-state index in [9.17, 15) is 0 Å². The summed E-state index contributed by atoms with van der Waals surface area (Å²) in [6.07, 6.45) is 0.324. The van der Waals surface area contributed by atoms with Crippen molar-refractivity contribution in [2.75, 3.05) is 6.61 Å². The summed E-state index contributed by atoms with van der Waals surface area (Å²) < 4.78 is 27.6. The van der Waals surface area contributed by atoms with Gasteiger partial charge in [-0.1, -0.05) is 40.9 Å². The molecule has 0 spiro atoms.